The molecule has 0 bridgehead atoms. The summed E-state index contributed by atoms with van der Waals surface area (Å²) in [6.07, 6.45) is 4.75. The zero-order chi connectivity index (χ0) is 13.3. The van der Waals surface area contributed by atoms with E-state index in [1.165, 1.54) is 23.8 Å². The first-order chi connectivity index (χ1) is 8.49. The molecule has 2 rings (SSSR count). The van der Waals surface area contributed by atoms with Gasteiger partial charge < -0.3 is 9.67 Å². The van der Waals surface area contributed by atoms with E-state index in [-0.39, 0.29) is 11.5 Å². The number of rotatable bonds is 3. The summed E-state index contributed by atoms with van der Waals surface area (Å²) >= 11 is 0. The van der Waals surface area contributed by atoms with Gasteiger partial charge in [-0.1, -0.05) is 0 Å². The number of pyridine rings is 1. The molecule has 2 heterocycles. The van der Waals surface area contributed by atoms with Crippen molar-refractivity contribution in [2.24, 2.45) is 0 Å². The molecule has 0 atom stereocenters. The number of aromatic carboxylic acids is 1. The molecular formula is C13H12N2O3. The van der Waals surface area contributed by atoms with Crippen LogP contribution in [0.3, 0.4) is 0 Å². The van der Waals surface area contributed by atoms with Crippen molar-refractivity contribution in [3.05, 3.63) is 47.5 Å². The van der Waals surface area contributed by atoms with Crippen molar-refractivity contribution in [2.45, 2.75) is 13.8 Å². The third kappa shape index (κ3) is 2.15. The molecule has 0 aliphatic rings. The average molecular weight is 244 g/mol. The molecule has 1 N–H and O–H groups in total. The molecule has 2 aromatic heterocycles. The highest BCUT2D eigenvalue weighted by Gasteiger charge is 2.15. The van der Waals surface area contributed by atoms with Crippen LogP contribution in [0.5, 0.6) is 0 Å². The second-order valence-corrected chi connectivity index (χ2v) is 4.07. The Morgan fingerprint density at radius 3 is 2.56 bits per heavy atom. The summed E-state index contributed by atoms with van der Waals surface area (Å²) in [7, 11) is 0. The topological polar surface area (TPSA) is 72.2 Å². The number of hydrogen-bond acceptors (Lipinski definition) is 3. The normalized spacial score (nSPS) is 10.3. The Balaban J connectivity index is 2.62. The van der Waals surface area contributed by atoms with Gasteiger partial charge in [-0.3, -0.25) is 9.78 Å². The van der Waals surface area contributed by atoms with Crippen LogP contribution in [-0.2, 0) is 0 Å². The molecule has 5 nitrogen and oxygen atoms in total. The molecule has 5 heteroatoms. The Labute approximate surface area is 104 Å². The molecule has 0 aliphatic heterocycles. The van der Waals surface area contributed by atoms with Gasteiger partial charge in [0.15, 0.2) is 5.78 Å². The van der Waals surface area contributed by atoms with Crippen molar-refractivity contribution in [2.75, 3.05) is 0 Å². The van der Waals surface area contributed by atoms with Crippen molar-refractivity contribution in [3.63, 3.8) is 0 Å². The minimum Gasteiger partial charge on any atom is -0.477 e. The lowest BCUT2D eigenvalue weighted by Gasteiger charge is -2.06. The maximum absolute atomic E-state index is 11.3. The Hall–Kier alpha value is -2.43. The predicted molar refractivity (Wildman–Crippen MR) is 65.3 cm³/mol. The number of carbonyl (C=O) groups is 2. The maximum atomic E-state index is 11.3. The number of nitrogens with zero attached hydrogens (tertiary/aromatic N) is 2. The van der Waals surface area contributed by atoms with Crippen LogP contribution in [0.1, 0.15) is 33.3 Å². The summed E-state index contributed by atoms with van der Waals surface area (Å²) in [6, 6.07) is 3.18. The Morgan fingerprint density at radius 2 is 2.00 bits per heavy atom. The first kappa shape index (κ1) is 12.0. The van der Waals surface area contributed by atoms with Crippen LogP contribution in [0.2, 0.25) is 0 Å². The largest absolute Gasteiger partial charge is 0.477 e. The fourth-order valence-electron chi connectivity index (χ4n) is 1.70. The third-order valence-corrected chi connectivity index (χ3v) is 2.58. The van der Waals surface area contributed by atoms with Crippen molar-refractivity contribution in [1.82, 2.24) is 9.55 Å². The molecule has 0 aromatic carbocycles. The lowest BCUT2D eigenvalue weighted by molar-refractivity contribution is 0.0688. The fraction of sp³-hybridized carbons (Fsp3) is 0.154. The quantitative estimate of drug-likeness (QED) is 0.839. The number of carbonyl (C=O) groups excluding carboxylic acids is 1. The Kier molecular flexibility index (Phi) is 2.97. The van der Waals surface area contributed by atoms with Gasteiger partial charge in [0, 0.05) is 18.0 Å². The van der Waals surface area contributed by atoms with Crippen LogP contribution in [0, 0.1) is 6.92 Å². The maximum Gasteiger partial charge on any atom is 0.352 e. The van der Waals surface area contributed by atoms with E-state index in [1.54, 1.807) is 12.4 Å². The summed E-state index contributed by atoms with van der Waals surface area (Å²) in [4.78, 5) is 26.5. The molecule has 0 saturated carbocycles. The molecule has 18 heavy (non-hydrogen) atoms. The lowest BCUT2D eigenvalue weighted by atomic mass is 10.2. The van der Waals surface area contributed by atoms with Gasteiger partial charge >= 0.3 is 5.97 Å². The lowest BCUT2D eigenvalue weighted by Crippen LogP contribution is -2.05. The molecule has 0 fully saturated rings. The zero-order valence-corrected chi connectivity index (χ0v) is 10.0. The minimum absolute atomic E-state index is 0.0487. The first-order valence-electron chi connectivity index (χ1n) is 5.37. The molecule has 92 valence electrons. The van der Waals surface area contributed by atoms with Gasteiger partial charge in [0.05, 0.1) is 11.9 Å². The second kappa shape index (κ2) is 4.44. The van der Waals surface area contributed by atoms with Gasteiger partial charge in [-0.2, -0.15) is 0 Å². The average Bonchev–Trinajstić information content (AvgIpc) is 2.73. The highest BCUT2D eigenvalue weighted by molar-refractivity contribution is 5.97. The van der Waals surface area contributed by atoms with E-state index >= 15 is 0 Å². The smallest absolute Gasteiger partial charge is 0.352 e. The summed E-state index contributed by atoms with van der Waals surface area (Å²) in [5.41, 5.74) is 1.96. The van der Waals surface area contributed by atoms with Crippen LogP contribution in [-0.4, -0.2) is 26.4 Å². The molecule has 2 aromatic rings. The van der Waals surface area contributed by atoms with Crippen LogP contribution < -0.4 is 0 Å². The van der Waals surface area contributed by atoms with Gasteiger partial charge in [0.1, 0.15) is 5.69 Å². The van der Waals surface area contributed by atoms with Gasteiger partial charge in [-0.25, -0.2) is 4.79 Å². The van der Waals surface area contributed by atoms with Gasteiger partial charge in [-0.05, 0) is 31.5 Å². The van der Waals surface area contributed by atoms with Gasteiger partial charge in [-0.15, -0.1) is 0 Å². The van der Waals surface area contributed by atoms with E-state index in [2.05, 4.69) is 4.98 Å². The number of Topliss-reactive ketones (excluding diaryl/α,β-unsaturated/α-hetero) is 1. The highest BCUT2D eigenvalue weighted by Crippen LogP contribution is 2.16. The summed E-state index contributed by atoms with van der Waals surface area (Å²) in [6.45, 7) is 3.27. The second-order valence-electron chi connectivity index (χ2n) is 4.07. The number of carboxylic acids is 1. The Bertz CT molecular complexity index is 629. The monoisotopic (exact) mass is 244 g/mol. The van der Waals surface area contributed by atoms with E-state index in [0.29, 0.717) is 11.3 Å². The van der Waals surface area contributed by atoms with Crippen molar-refractivity contribution in [3.8, 4) is 5.69 Å². The zero-order valence-electron chi connectivity index (χ0n) is 10.0. The van der Waals surface area contributed by atoms with Crippen molar-refractivity contribution >= 4 is 11.8 Å². The van der Waals surface area contributed by atoms with E-state index < -0.39 is 5.97 Å². The third-order valence-electron chi connectivity index (χ3n) is 2.58. The molecule has 0 radical (unpaired) electrons. The number of carboxylic acid groups (broad SMARTS) is 1. The summed E-state index contributed by atoms with van der Waals surface area (Å²) < 4.78 is 1.46. The Morgan fingerprint density at radius 1 is 1.28 bits per heavy atom. The minimum atomic E-state index is -1.08. The van der Waals surface area contributed by atoms with Crippen molar-refractivity contribution in [1.29, 1.82) is 0 Å². The molecule has 0 amide bonds. The van der Waals surface area contributed by atoms with E-state index in [0.717, 1.165) is 5.56 Å². The fourth-order valence-corrected chi connectivity index (χ4v) is 1.70. The number of aryl methyl sites for hydroxylation is 1. The van der Waals surface area contributed by atoms with E-state index in [9.17, 15) is 9.59 Å². The van der Waals surface area contributed by atoms with Crippen LogP contribution >= 0.6 is 0 Å². The van der Waals surface area contributed by atoms with Crippen LogP contribution in [0.4, 0.5) is 0 Å². The standard InChI is InChI=1S/C13H12N2O3/c1-8-3-11(6-14-5-8)15-7-10(9(2)16)4-12(15)13(17)18/h3-7H,1-2H3,(H,17,18). The number of ketones is 1. The molecular weight excluding hydrogens is 232 g/mol. The van der Waals surface area contributed by atoms with Crippen LogP contribution in [0.15, 0.2) is 30.7 Å². The predicted octanol–water partition coefficient (Wildman–Crippen LogP) is 2.08. The number of hydrogen-bond donors (Lipinski definition) is 1. The molecule has 0 aliphatic carbocycles. The van der Waals surface area contributed by atoms with E-state index in [1.807, 2.05) is 13.0 Å². The van der Waals surface area contributed by atoms with Crippen LogP contribution in [0.25, 0.3) is 5.69 Å². The van der Waals surface area contributed by atoms with Gasteiger partial charge in [0.25, 0.3) is 0 Å². The van der Waals surface area contributed by atoms with Crippen molar-refractivity contribution < 1.29 is 14.7 Å². The SMILES string of the molecule is CC(=O)c1cc(C(=O)O)n(-c2cncc(C)c2)c1. The highest BCUT2D eigenvalue weighted by atomic mass is 16.4. The first-order valence-corrected chi connectivity index (χ1v) is 5.37. The van der Waals surface area contributed by atoms with Gasteiger partial charge in [0.2, 0.25) is 0 Å². The molecule has 0 saturated heterocycles. The summed E-state index contributed by atoms with van der Waals surface area (Å²) in [5.74, 6) is -1.25. The number of aromatic nitrogens is 2. The molecule has 0 spiro atoms. The summed E-state index contributed by atoms with van der Waals surface area (Å²) in [5, 5.41) is 9.14. The van der Waals surface area contributed by atoms with E-state index in [4.69, 9.17) is 5.11 Å². The molecule has 0 unspecified atom stereocenters.